The van der Waals surface area contributed by atoms with Crippen LogP contribution in [0.4, 0.5) is 5.69 Å². The van der Waals surface area contributed by atoms with Crippen LogP contribution in [0.25, 0.3) is 0 Å². The minimum atomic E-state index is -1.07. The third kappa shape index (κ3) is 3.37. The normalized spacial score (nSPS) is 14.2. The first kappa shape index (κ1) is 17.4. The van der Waals surface area contributed by atoms with Crippen molar-refractivity contribution in [2.45, 2.75) is 39.2 Å². The minimum Gasteiger partial charge on any atom is -0.482 e. The summed E-state index contributed by atoms with van der Waals surface area (Å²) in [5.74, 6) is -0.570. The van der Waals surface area contributed by atoms with Crippen LogP contribution < -0.4 is 9.64 Å². The lowest BCUT2D eigenvalue weighted by molar-refractivity contribution is -0.121. The molecule has 1 amide bonds. The maximum Gasteiger partial charge on any atom is 0.355 e. The van der Waals surface area contributed by atoms with E-state index in [-0.39, 0.29) is 30.2 Å². The second kappa shape index (κ2) is 6.48. The van der Waals surface area contributed by atoms with E-state index in [4.69, 9.17) is 9.84 Å². The summed E-state index contributed by atoms with van der Waals surface area (Å²) in [6, 6.07) is 5.91. The highest BCUT2D eigenvalue weighted by atomic mass is 32.1. The summed E-state index contributed by atoms with van der Waals surface area (Å²) in [7, 11) is 0. The predicted molar refractivity (Wildman–Crippen MR) is 95.5 cm³/mol. The summed E-state index contributed by atoms with van der Waals surface area (Å²) in [5, 5.41) is 11.1. The Morgan fingerprint density at radius 3 is 2.84 bits per heavy atom. The van der Waals surface area contributed by atoms with Crippen LogP contribution in [0.2, 0.25) is 0 Å². The first-order valence-electron chi connectivity index (χ1n) is 8.07. The van der Waals surface area contributed by atoms with Gasteiger partial charge >= 0.3 is 5.97 Å². The zero-order chi connectivity index (χ0) is 18.2. The molecule has 7 heteroatoms. The molecular weight excluding hydrogens is 340 g/mol. The summed E-state index contributed by atoms with van der Waals surface area (Å²) in [5.41, 5.74) is 1.82. The first-order valence-corrected chi connectivity index (χ1v) is 8.95. The van der Waals surface area contributed by atoms with Crippen LogP contribution in [0.5, 0.6) is 5.75 Å². The number of carboxylic acid groups (broad SMARTS) is 1. The number of hydrogen-bond donors (Lipinski definition) is 1. The number of fused-ring (bicyclic) bond motifs is 1. The largest absolute Gasteiger partial charge is 0.482 e. The monoisotopic (exact) mass is 360 g/mol. The van der Waals surface area contributed by atoms with Crippen molar-refractivity contribution in [2.75, 3.05) is 11.5 Å². The van der Waals surface area contributed by atoms with Crippen molar-refractivity contribution < 1.29 is 19.4 Å². The average Bonchev–Trinajstić information content (AvgIpc) is 3.06. The highest BCUT2D eigenvalue weighted by Crippen LogP contribution is 2.38. The van der Waals surface area contributed by atoms with Crippen LogP contribution in [0.15, 0.2) is 23.6 Å². The Labute approximate surface area is 150 Å². The number of rotatable bonds is 5. The van der Waals surface area contributed by atoms with Crippen molar-refractivity contribution in [3.8, 4) is 5.75 Å². The van der Waals surface area contributed by atoms with Crippen molar-refractivity contribution >= 4 is 28.9 Å². The molecule has 0 unspecified atom stereocenters. The Hall–Kier alpha value is -2.41. The maximum absolute atomic E-state index is 12.4. The zero-order valence-electron chi connectivity index (χ0n) is 14.4. The second-order valence-electron chi connectivity index (χ2n) is 6.62. The predicted octanol–water partition coefficient (Wildman–Crippen LogP) is 3.45. The van der Waals surface area contributed by atoms with Crippen molar-refractivity contribution in [3.05, 3.63) is 39.8 Å². The summed E-state index contributed by atoms with van der Waals surface area (Å²) >= 11 is 1.24. The van der Waals surface area contributed by atoms with Gasteiger partial charge in [0.1, 0.15) is 10.8 Å². The molecule has 25 heavy (non-hydrogen) atoms. The fraction of sp³-hybridized carbons (Fsp3) is 0.389. The summed E-state index contributed by atoms with van der Waals surface area (Å²) in [6.45, 7) is 6.65. The Morgan fingerprint density at radius 1 is 1.44 bits per heavy atom. The molecule has 0 saturated heterocycles. The van der Waals surface area contributed by atoms with Gasteiger partial charge in [0.05, 0.1) is 12.2 Å². The first-order chi connectivity index (χ1) is 11.8. The maximum atomic E-state index is 12.4. The highest BCUT2D eigenvalue weighted by Gasteiger charge is 2.29. The molecule has 0 bridgehead atoms. The summed E-state index contributed by atoms with van der Waals surface area (Å²) < 4.78 is 5.55. The Bertz CT molecular complexity index is 828. The molecule has 0 radical (unpaired) electrons. The standard InChI is InChI=1S/C18H20N2O4S/c1-4-18(2,3)11-5-6-14-13(7-11)20(16(21)9-24-14)8-15-19-12(10-25-15)17(22)23/h5-7,10H,4,8-9H2,1-3H3,(H,22,23). The number of carbonyl (C=O) groups is 2. The molecule has 0 atom stereocenters. The molecule has 3 rings (SSSR count). The lowest BCUT2D eigenvalue weighted by Gasteiger charge is -2.31. The van der Waals surface area contributed by atoms with Crippen molar-refractivity contribution in [1.29, 1.82) is 0 Å². The number of hydrogen-bond acceptors (Lipinski definition) is 5. The molecule has 0 aliphatic carbocycles. The van der Waals surface area contributed by atoms with E-state index >= 15 is 0 Å². The number of carbonyl (C=O) groups excluding carboxylic acids is 1. The fourth-order valence-electron chi connectivity index (χ4n) is 2.62. The summed E-state index contributed by atoms with van der Waals surface area (Å²) in [4.78, 5) is 29.1. The number of amides is 1. The third-order valence-electron chi connectivity index (χ3n) is 4.63. The molecule has 2 heterocycles. The number of benzene rings is 1. The van der Waals surface area contributed by atoms with E-state index in [1.807, 2.05) is 18.2 Å². The van der Waals surface area contributed by atoms with E-state index in [0.29, 0.717) is 16.4 Å². The zero-order valence-corrected chi connectivity index (χ0v) is 15.2. The van der Waals surface area contributed by atoms with E-state index in [2.05, 4.69) is 25.8 Å². The van der Waals surface area contributed by atoms with E-state index < -0.39 is 5.97 Å². The number of thiazole rings is 1. The van der Waals surface area contributed by atoms with Crippen LogP contribution in [0.1, 0.15) is 48.3 Å². The molecule has 6 nitrogen and oxygen atoms in total. The molecule has 132 valence electrons. The van der Waals surface area contributed by atoms with Crippen molar-refractivity contribution in [2.24, 2.45) is 0 Å². The van der Waals surface area contributed by atoms with Crippen LogP contribution in [-0.2, 0) is 16.8 Å². The Balaban J connectivity index is 1.96. The molecular formula is C18H20N2O4S. The molecule has 2 aromatic rings. The highest BCUT2D eigenvalue weighted by molar-refractivity contribution is 7.09. The Morgan fingerprint density at radius 2 is 2.20 bits per heavy atom. The molecule has 1 aliphatic rings. The lowest BCUT2D eigenvalue weighted by atomic mass is 9.82. The van der Waals surface area contributed by atoms with Crippen molar-refractivity contribution in [3.63, 3.8) is 0 Å². The molecule has 0 spiro atoms. The summed E-state index contributed by atoms with van der Waals surface area (Å²) in [6.07, 6.45) is 0.967. The van der Waals surface area contributed by atoms with E-state index in [1.165, 1.54) is 16.7 Å². The van der Waals surface area contributed by atoms with Gasteiger partial charge in [-0.1, -0.05) is 26.8 Å². The van der Waals surface area contributed by atoms with Gasteiger partial charge in [-0.2, -0.15) is 0 Å². The number of carboxylic acids is 1. The topological polar surface area (TPSA) is 79.7 Å². The molecule has 1 N–H and O–H groups in total. The van der Waals surface area contributed by atoms with Crippen LogP contribution in [0, 0.1) is 0 Å². The molecule has 1 aliphatic heterocycles. The van der Waals surface area contributed by atoms with Crippen molar-refractivity contribution in [1.82, 2.24) is 4.98 Å². The van der Waals surface area contributed by atoms with Crippen LogP contribution in [-0.4, -0.2) is 28.6 Å². The lowest BCUT2D eigenvalue weighted by Crippen LogP contribution is -2.38. The van der Waals surface area contributed by atoms with Crippen LogP contribution in [0.3, 0.4) is 0 Å². The van der Waals surface area contributed by atoms with E-state index in [1.54, 1.807) is 4.90 Å². The fourth-order valence-corrected chi connectivity index (χ4v) is 3.37. The van der Waals surface area contributed by atoms with E-state index in [0.717, 1.165) is 12.0 Å². The van der Waals surface area contributed by atoms with Gasteiger partial charge in [-0.05, 0) is 29.5 Å². The quantitative estimate of drug-likeness (QED) is 0.883. The van der Waals surface area contributed by atoms with Gasteiger partial charge in [0, 0.05) is 5.38 Å². The molecule has 1 aromatic carbocycles. The number of aromatic carboxylic acids is 1. The van der Waals surface area contributed by atoms with Gasteiger partial charge in [0.2, 0.25) is 0 Å². The van der Waals surface area contributed by atoms with Gasteiger partial charge in [-0.15, -0.1) is 11.3 Å². The number of anilines is 1. The van der Waals surface area contributed by atoms with Gasteiger partial charge in [-0.3, -0.25) is 9.69 Å². The van der Waals surface area contributed by atoms with Gasteiger partial charge in [-0.25, -0.2) is 9.78 Å². The van der Waals surface area contributed by atoms with E-state index in [9.17, 15) is 9.59 Å². The molecule has 0 saturated carbocycles. The molecule has 0 fully saturated rings. The number of nitrogens with zero attached hydrogens (tertiary/aromatic N) is 2. The van der Waals surface area contributed by atoms with Crippen LogP contribution >= 0.6 is 11.3 Å². The van der Waals surface area contributed by atoms with Gasteiger partial charge in [0.15, 0.2) is 12.3 Å². The Kier molecular flexibility index (Phi) is 4.51. The SMILES string of the molecule is CCC(C)(C)c1ccc2c(c1)N(Cc1nc(C(=O)O)cs1)C(=O)CO2. The number of aromatic nitrogens is 1. The smallest absolute Gasteiger partial charge is 0.355 e. The average molecular weight is 360 g/mol. The second-order valence-corrected chi connectivity index (χ2v) is 7.56. The minimum absolute atomic E-state index is 0.00167. The van der Waals surface area contributed by atoms with Gasteiger partial charge < -0.3 is 9.84 Å². The number of ether oxygens (including phenoxy) is 1. The molecule has 1 aromatic heterocycles. The third-order valence-corrected chi connectivity index (χ3v) is 5.47. The van der Waals surface area contributed by atoms with Gasteiger partial charge in [0.25, 0.3) is 5.91 Å².